The average molecular weight is 257 g/mol. The van der Waals surface area contributed by atoms with Crippen LogP contribution >= 0.6 is 11.6 Å². The van der Waals surface area contributed by atoms with E-state index in [0.29, 0.717) is 10.7 Å². The summed E-state index contributed by atoms with van der Waals surface area (Å²) >= 11 is 5.79. The summed E-state index contributed by atoms with van der Waals surface area (Å²) in [6.45, 7) is 0.265. The summed E-state index contributed by atoms with van der Waals surface area (Å²) < 4.78 is 0. The molecule has 3 N–H and O–H groups in total. The van der Waals surface area contributed by atoms with E-state index in [0.717, 1.165) is 0 Å². The third-order valence-electron chi connectivity index (χ3n) is 2.62. The lowest BCUT2D eigenvalue weighted by atomic mass is 10.3. The van der Waals surface area contributed by atoms with E-state index in [1.165, 1.54) is 4.90 Å². The van der Waals surface area contributed by atoms with E-state index in [4.69, 9.17) is 11.6 Å². The normalized spacial score (nSPS) is 23.8. The molecule has 0 aromatic heterocycles. The summed E-state index contributed by atoms with van der Waals surface area (Å²) in [5.41, 5.74) is 0.582. The first-order chi connectivity index (χ1) is 8.06. The second-order valence-electron chi connectivity index (χ2n) is 3.98. The zero-order valence-electron chi connectivity index (χ0n) is 9.01. The van der Waals surface area contributed by atoms with Crippen molar-refractivity contribution in [3.05, 3.63) is 29.3 Å². The van der Waals surface area contributed by atoms with Gasteiger partial charge in [0, 0.05) is 10.7 Å². The Morgan fingerprint density at radius 1 is 1.35 bits per heavy atom. The van der Waals surface area contributed by atoms with Crippen molar-refractivity contribution < 1.29 is 15.0 Å². The minimum Gasteiger partial charge on any atom is -0.388 e. The van der Waals surface area contributed by atoms with E-state index < -0.39 is 12.2 Å². The molecule has 1 aromatic carbocycles. The number of likely N-dealkylation sites (tertiary alicyclic amines) is 1. The Kier molecular flexibility index (Phi) is 3.51. The van der Waals surface area contributed by atoms with Gasteiger partial charge in [-0.2, -0.15) is 0 Å². The number of amides is 2. The molecule has 2 rings (SSSR count). The standard InChI is InChI=1S/C11H13ClN2O3/c12-7-2-1-3-8(4-7)13-11(17)14-5-9(15)10(16)6-14/h1-4,9-10,15-16H,5-6H2,(H,13,17)/t9-,10+. The number of hydrogen-bond acceptors (Lipinski definition) is 3. The number of nitrogens with one attached hydrogen (secondary N) is 1. The molecule has 1 aromatic rings. The van der Waals surface area contributed by atoms with E-state index in [1.807, 2.05) is 0 Å². The summed E-state index contributed by atoms with van der Waals surface area (Å²) in [4.78, 5) is 13.1. The van der Waals surface area contributed by atoms with Crippen LogP contribution in [0.1, 0.15) is 0 Å². The molecular formula is C11H13ClN2O3. The number of carbonyl (C=O) groups excluding carboxylic acids is 1. The van der Waals surface area contributed by atoms with Gasteiger partial charge in [-0.3, -0.25) is 0 Å². The van der Waals surface area contributed by atoms with Crippen LogP contribution < -0.4 is 5.32 Å². The molecule has 1 aliphatic heterocycles. The van der Waals surface area contributed by atoms with Crippen molar-refractivity contribution in [1.29, 1.82) is 0 Å². The van der Waals surface area contributed by atoms with Gasteiger partial charge in [0.05, 0.1) is 25.3 Å². The van der Waals surface area contributed by atoms with E-state index in [-0.39, 0.29) is 19.1 Å². The molecule has 17 heavy (non-hydrogen) atoms. The Morgan fingerprint density at radius 3 is 2.59 bits per heavy atom. The fourth-order valence-corrected chi connectivity index (χ4v) is 1.89. The van der Waals surface area contributed by atoms with Crippen molar-refractivity contribution in [3.63, 3.8) is 0 Å². The molecule has 2 amide bonds. The van der Waals surface area contributed by atoms with Gasteiger partial charge in [0.15, 0.2) is 0 Å². The lowest BCUT2D eigenvalue weighted by Gasteiger charge is -2.16. The molecule has 0 spiro atoms. The van der Waals surface area contributed by atoms with Gasteiger partial charge in [0.2, 0.25) is 0 Å². The van der Waals surface area contributed by atoms with Crippen LogP contribution in [0.2, 0.25) is 5.02 Å². The molecule has 0 unspecified atom stereocenters. The van der Waals surface area contributed by atoms with Crippen LogP contribution in [0.5, 0.6) is 0 Å². The maximum atomic E-state index is 11.8. The van der Waals surface area contributed by atoms with Gasteiger partial charge in [-0.05, 0) is 18.2 Å². The zero-order valence-corrected chi connectivity index (χ0v) is 9.76. The van der Waals surface area contributed by atoms with Crippen molar-refractivity contribution in [3.8, 4) is 0 Å². The van der Waals surface area contributed by atoms with Crippen LogP contribution in [-0.4, -0.2) is 46.4 Å². The molecule has 0 radical (unpaired) electrons. The van der Waals surface area contributed by atoms with Gasteiger partial charge in [0.25, 0.3) is 0 Å². The predicted molar refractivity (Wildman–Crippen MR) is 64.1 cm³/mol. The Bertz CT molecular complexity index is 417. The summed E-state index contributed by atoms with van der Waals surface area (Å²) in [5, 5.41) is 21.8. The summed E-state index contributed by atoms with van der Waals surface area (Å²) in [6, 6.07) is 6.42. The third kappa shape index (κ3) is 2.88. The minimum atomic E-state index is -0.875. The summed E-state index contributed by atoms with van der Waals surface area (Å²) in [6.07, 6.45) is -1.75. The summed E-state index contributed by atoms with van der Waals surface area (Å²) in [5.74, 6) is 0. The third-order valence-corrected chi connectivity index (χ3v) is 2.86. The molecule has 0 saturated carbocycles. The van der Waals surface area contributed by atoms with E-state index in [2.05, 4.69) is 5.32 Å². The zero-order chi connectivity index (χ0) is 12.4. The molecule has 92 valence electrons. The van der Waals surface area contributed by atoms with E-state index >= 15 is 0 Å². The van der Waals surface area contributed by atoms with Crippen LogP contribution in [0, 0.1) is 0 Å². The fourth-order valence-electron chi connectivity index (χ4n) is 1.70. The molecule has 1 heterocycles. The second kappa shape index (κ2) is 4.91. The van der Waals surface area contributed by atoms with Gasteiger partial charge >= 0.3 is 6.03 Å². The number of rotatable bonds is 1. The van der Waals surface area contributed by atoms with Gasteiger partial charge in [-0.25, -0.2) is 4.79 Å². The molecule has 1 aliphatic rings. The number of nitrogens with zero attached hydrogens (tertiary/aromatic N) is 1. The maximum Gasteiger partial charge on any atom is 0.322 e. The first-order valence-corrected chi connectivity index (χ1v) is 5.61. The number of urea groups is 1. The Balaban J connectivity index is 1.98. The topological polar surface area (TPSA) is 72.8 Å². The van der Waals surface area contributed by atoms with Gasteiger partial charge in [-0.15, -0.1) is 0 Å². The van der Waals surface area contributed by atoms with E-state index in [1.54, 1.807) is 24.3 Å². The highest BCUT2D eigenvalue weighted by atomic mass is 35.5. The van der Waals surface area contributed by atoms with E-state index in [9.17, 15) is 15.0 Å². The molecule has 5 nitrogen and oxygen atoms in total. The second-order valence-corrected chi connectivity index (χ2v) is 4.42. The molecule has 0 aliphatic carbocycles. The number of hydrogen-bond donors (Lipinski definition) is 3. The first-order valence-electron chi connectivity index (χ1n) is 5.24. The fraction of sp³-hybridized carbons (Fsp3) is 0.364. The lowest BCUT2D eigenvalue weighted by molar-refractivity contribution is 0.0572. The number of benzene rings is 1. The van der Waals surface area contributed by atoms with Crippen molar-refractivity contribution in [2.75, 3.05) is 18.4 Å². The molecular weight excluding hydrogens is 244 g/mol. The van der Waals surface area contributed by atoms with Gasteiger partial charge in [-0.1, -0.05) is 17.7 Å². The first kappa shape index (κ1) is 12.2. The highest BCUT2D eigenvalue weighted by Gasteiger charge is 2.32. The van der Waals surface area contributed by atoms with Crippen molar-refractivity contribution in [2.45, 2.75) is 12.2 Å². The minimum absolute atomic E-state index is 0.133. The van der Waals surface area contributed by atoms with Crippen molar-refractivity contribution in [1.82, 2.24) is 4.90 Å². The Morgan fingerprint density at radius 2 is 2.00 bits per heavy atom. The SMILES string of the molecule is O=C(Nc1cccc(Cl)c1)N1C[C@@H](O)[C@@H](O)C1. The summed E-state index contributed by atoms with van der Waals surface area (Å²) in [7, 11) is 0. The van der Waals surface area contributed by atoms with Crippen molar-refractivity contribution in [2.24, 2.45) is 0 Å². The van der Waals surface area contributed by atoms with Crippen LogP contribution in [-0.2, 0) is 0 Å². The van der Waals surface area contributed by atoms with Gasteiger partial charge in [0.1, 0.15) is 0 Å². The quantitative estimate of drug-likeness (QED) is 0.699. The molecule has 0 bridgehead atoms. The molecule has 2 atom stereocenters. The Hall–Kier alpha value is -1.30. The number of halogens is 1. The lowest BCUT2D eigenvalue weighted by Crippen LogP contribution is -2.33. The number of anilines is 1. The Labute approximate surface area is 104 Å². The van der Waals surface area contributed by atoms with Crippen LogP contribution in [0.15, 0.2) is 24.3 Å². The monoisotopic (exact) mass is 256 g/mol. The number of aliphatic hydroxyl groups is 2. The van der Waals surface area contributed by atoms with Crippen LogP contribution in [0.3, 0.4) is 0 Å². The smallest absolute Gasteiger partial charge is 0.322 e. The largest absolute Gasteiger partial charge is 0.388 e. The number of aliphatic hydroxyl groups excluding tert-OH is 2. The van der Waals surface area contributed by atoms with Crippen LogP contribution in [0.25, 0.3) is 0 Å². The molecule has 6 heteroatoms. The number of β-amino-alcohol motifs (C(OH)–C–C–N with tert-alkyl or cyclic N) is 2. The molecule has 1 fully saturated rings. The van der Waals surface area contributed by atoms with Crippen molar-refractivity contribution >= 4 is 23.3 Å². The average Bonchev–Trinajstić information content (AvgIpc) is 2.59. The number of carbonyl (C=O) groups is 1. The molecule has 1 saturated heterocycles. The predicted octanol–water partition coefficient (Wildman–Crippen LogP) is 0.909. The highest BCUT2D eigenvalue weighted by molar-refractivity contribution is 6.30. The highest BCUT2D eigenvalue weighted by Crippen LogP contribution is 2.17. The van der Waals surface area contributed by atoms with Crippen LogP contribution in [0.4, 0.5) is 10.5 Å². The van der Waals surface area contributed by atoms with Gasteiger partial charge < -0.3 is 20.4 Å². The maximum absolute atomic E-state index is 11.8.